The summed E-state index contributed by atoms with van der Waals surface area (Å²) in [5, 5.41) is 3.32. The second kappa shape index (κ2) is 9.45. The number of anilines is 2. The fourth-order valence-corrected chi connectivity index (χ4v) is 3.44. The standard InChI is InChI=1S/C19H27N3O3S/c1-4-25-18-10-12-19(13-11-18)26(23,24)21-17-8-6-16(7-9-17)20-14-5-15-22(2)3/h6-13,20-21H,4-5,14-15H2,1-3H3. The lowest BCUT2D eigenvalue weighted by molar-refractivity contribution is 0.340. The van der Waals surface area contributed by atoms with Crippen molar-refractivity contribution in [3.8, 4) is 5.75 Å². The van der Waals surface area contributed by atoms with Gasteiger partial charge in [0.15, 0.2) is 0 Å². The molecule has 2 N–H and O–H groups in total. The highest BCUT2D eigenvalue weighted by Crippen LogP contribution is 2.20. The van der Waals surface area contributed by atoms with Crippen molar-refractivity contribution in [3.63, 3.8) is 0 Å². The summed E-state index contributed by atoms with van der Waals surface area (Å²) in [6.45, 7) is 4.31. The molecule has 0 bridgehead atoms. The van der Waals surface area contributed by atoms with E-state index in [9.17, 15) is 8.42 Å². The molecule has 0 unspecified atom stereocenters. The summed E-state index contributed by atoms with van der Waals surface area (Å²) in [6.07, 6.45) is 1.04. The van der Waals surface area contributed by atoms with Crippen molar-refractivity contribution in [1.82, 2.24) is 4.90 Å². The molecule has 0 radical (unpaired) electrons. The molecule has 0 amide bonds. The molecule has 0 saturated heterocycles. The summed E-state index contributed by atoms with van der Waals surface area (Å²) in [4.78, 5) is 2.34. The third-order valence-corrected chi connectivity index (χ3v) is 5.09. The average molecular weight is 378 g/mol. The van der Waals surface area contributed by atoms with Crippen LogP contribution < -0.4 is 14.8 Å². The van der Waals surface area contributed by atoms with Crippen LogP contribution in [0.1, 0.15) is 13.3 Å². The van der Waals surface area contributed by atoms with Gasteiger partial charge in [0.1, 0.15) is 5.75 Å². The molecule has 0 aliphatic heterocycles. The second-order valence-electron chi connectivity index (χ2n) is 6.17. The van der Waals surface area contributed by atoms with E-state index in [-0.39, 0.29) is 4.90 Å². The van der Waals surface area contributed by atoms with Crippen molar-refractivity contribution in [2.75, 3.05) is 43.8 Å². The molecule has 0 saturated carbocycles. The summed E-state index contributed by atoms with van der Waals surface area (Å²) >= 11 is 0. The Hall–Kier alpha value is -2.25. The average Bonchev–Trinajstić information content (AvgIpc) is 2.60. The number of nitrogens with one attached hydrogen (secondary N) is 2. The zero-order chi connectivity index (χ0) is 19.0. The number of sulfonamides is 1. The maximum Gasteiger partial charge on any atom is 0.261 e. The van der Waals surface area contributed by atoms with E-state index in [4.69, 9.17) is 4.74 Å². The molecule has 0 aliphatic rings. The van der Waals surface area contributed by atoms with E-state index in [2.05, 4.69) is 14.9 Å². The van der Waals surface area contributed by atoms with E-state index in [0.717, 1.165) is 25.2 Å². The monoisotopic (exact) mass is 377 g/mol. The highest BCUT2D eigenvalue weighted by molar-refractivity contribution is 7.92. The normalized spacial score (nSPS) is 11.4. The Morgan fingerprint density at radius 3 is 2.15 bits per heavy atom. The highest BCUT2D eigenvalue weighted by atomic mass is 32.2. The van der Waals surface area contributed by atoms with Gasteiger partial charge in [-0.25, -0.2) is 8.42 Å². The van der Waals surface area contributed by atoms with E-state index in [1.807, 2.05) is 33.2 Å². The summed E-state index contributed by atoms with van der Waals surface area (Å²) in [6, 6.07) is 13.6. The number of nitrogens with zero attached hydrogens (tertiary/aromatic N) is 1. The van der Waals surface area contributed by atoms with Crippen LogP contribution in [0.4, 0.5) is 11.4 Å². The van der Waals surface area contributed by atoms with Gasteiger partial charge in [-0.3, -0.25) is 4.72 Å². The molecule has 0 heterocycles. The van der Waals surface area contributed by atoms with Crippen LogP contribution in [0.3, 0.4) is 0 Å². The fraction of sp³-hybridized carbons (Fsp3) is 0.368. The lowest BCUT2D eigenvalue weighted by Gasteiger charge is -2.12. The number of benzene rings is 2. The topological polar surface area (TPSA) is 70.7 Å². The van der Waals surface area contributed by atoms with E-state index in [0.29, 0.717) is 18.0 Å². The van der Waals surface area contributed by atoms with Crippen molar-refractivity contribution in [2.45, 2.75) is 18.2 Å². The minimum Gasteiger partial charge on any atom is -0.494 e. The summed E-state index contributed by atoms with van der Waals surface area (Å²) in [5.41, 5.74) is 1.49. The Labute approximate surface area is 156 Å². The molecule has 0 fully saturated rings. The van der Waals surface area contributed by atoms with Crippen LogP contribution in [0.2, 0.25) is 0 Å². The molecular weight excluding hydrogens is 350 g/mol. The van der Waals surface area contributed by atoms with Crippen molar-refractivity contribution in [1.29, 1.82) is 0 Å². The maximum atomic E-state index is 12.5. The highest BCUT2D eigenvalue weighted by Gasteiger charge is 2.14. The van der Waals surface area contributed by atoms with Crippen LogP contribution in [0.15, 0.2) is 53.4 Å². The number of ether oxygens (including phenoxy) is 1. The van der Waals surface area contributed by atoms with Gasteiger partial charge in [-0.05, 0) is 82.5 Å². The summed E-state index contributed by atoms with van der Waals surface area (Å²) in [5.74, 6) is 0.649. The van der Waals surface area contributed by atoms with Crippen molar-refractivity contribution < 1.29 is 13.2 Å². The Bertz CT molecular complexity index is 773. The molecule has 142 valence electrons. The first-order chi connectivity index (χ1) is 12.4. The Morgan fingerprint density at radius 1 is 0.962 bits per heavy atom. The van der Waals surface area contributed by atoms with Crippen molar-refractivity contribution in [3.05, 3.63) is 48.5 Å². The first-order valence-electron chi connectivity index (χ1n) is 8.65. The minimum atomic E-state index is -3.62. The van der Waals surface area contributed by atoms with Gasteiger partial charge >= 0.3 is 0 Å². The quantitative estimate of drug-likeness (QED) is 0.622. The molecule has 2 aromatic carbocycles. The first-order valence-corrected chi connectivity index (χ1v) is 10.1. The Kier molecular flexibility index (Phi) is 7.29. The number of rotatable bonds is 10. The molecule has 0 atom stereocenters. The molecular formula is C19H27N3O3S. The predicted octanol–water partition coefficient (Wildman–Crippen LogP) is 3.25. The van der Waals surface area contributed by atoms with Crippen molar-refractivity contribution in [2.24, 2.45) is 0 Å². The number of hydrogen-bond acceptors (Lipinski definition) is 5. The molecule has 2 aromatic rings. The third-order valence-electron chi connectivity index (χ3n) is 3.69. The van der Waals surface area contributed by atoms with E-state index in [1.165, 1.54) is 12.1 Å². The molecule has 0 aliphatic carbocycles. The van der Waals surface area contributed by atoms with E-state index in [1.54, 1.807) is 24.3 Å². The van der Waals surface area contributed by atoms with Gasteiger partial charge in [-0.15, -0.1) is 0 Å². The molecule has 26 heavy (non-hydrogen) atoms. The molecule has 7 heteroatoms. The second-order valence-corrected chi connectivity index (χ2v) is 7.85. The lowest BCUT2D eigenvalue weighted by Crippen LogP contribution is -2.16. The van der Waals surface area contributed by atoms with Gasteiger partial charge in [0.25, 0.3) is 10.0 Å². The Morgan fingerprint density at radius 2 is 1.58 bits per heavy atom. The smallest absolute Gasteiger partial charge is 0.261 e. The third kappa shape index (κ3) is 6.24. The predicted molar refractivity (Wildman–Crippen MR) is 107 cm³/mol. The van der Waals surface area contributed by atoms with Crippen LogP contribution in [0.5, 0.6) is 5.75 Å². The van der Waals surface area contributed by atoms with Crippen LogP contribution >= 0.6 is 0 Å². The molecule has 0 spiro atoms. The number of hydrogen-bond donors (Lipinski definition) is 2. The van der Waals surface area contributed by atoms with Crippen LogP contribution in [0.25, 0.3) is 0 Å². The van der Waals surface area contributed by atoms with Gasteiger partial charge in [-0.1, -0.05) is 0 Å². The maximum absolute atomic E-state index is 12.5. The van der Waals surface area contributed by atoms with Crippen LogP contribution in [0, 0.1) is 0 Å². The van der Waals surface area contributed by atoms with Gasteiger partial charge in [-0.2, -0.15) is 0 Å². The van der Waals surface area contributed by atoms with Crippen LogP contribution in [-0.2, 0) is 10.0 Å². The zero-order valence-electron chi connectivity index (χ0n) is 15.5. The SMILES string of the molecule is CCOc1ccc(S(=O)(=O)Nc2ccc(NCCCN(C)C)cc2)cc1. The molecule has 6 nitrogen and oxygen atoms in total. The first kappa shape index (κ1) is 20.1. The molecule has 2 rings (SSSR count). The summed E-state index contributed by atoms with van der Waals surface area (Å²) < 4.78 is 32.8. The fourth-order valence-electron chi connectivity index (χ4n) is 2.38. The van der Waals surface area contributed by atoms with E-state index < -0.39 is 10.0 Å². The molecule has 0 aromatic heterocycles. The van der Waals surface area contributed by atoms with Crippen molar-refractivity contribution >= 4 is 21.4 Å². The zero-order valence-corrected chi connectivity index (χ0v) is 16.3. The largest absolute Gasteiger partial charge is 0.494 e. The van der Waals surface area contributed by atoms with Gasteiger partial charge in [0, 0.05) is 17.9 Å². The Balaban J connectivity index is 1.94. The summed E-state index contributed by atoms with van der Waals surface area (Å²) in [7, 11) is 0.474. The minimum absolute atomic E-state index is 0.201. The van der Waals surface area contributed by atoms with Crippen LogP contribution in [-0.4, -0.2) is 47.1 Å². The lowest BCUT2D eigenvalue weighted by atomic mass is 10.3. The van der Waals surface area contributed by atoms with E-state index >= 15 is 0 Å². The van der Waals surface area contributed by atoms with Gasteiger partial charge < -0.3 is 15.0 Å². The van der Waals surface area contributed by atoms with Gasteiger partial charge in [0.05, 0.1) is 11.5 Å². The van der Waals surface area contributed by atoms with Gasteiger partial charge in [0.2, 0.25) is 0 Å².